The van der Waals surface area contributed by atoms with Crippen LogP contribution in [-0.4, -0.2) is 55.1 Å². The molecule has 136 valence electrons. The fourth-order valence-corrected chi connectivity index (χ4v) is 3.72. The summed E-state index contributed by atoms with van der Waals surface area (Å²) in [5.74, 6) is 2.84. The molecular formula is C21H27N5. The van der Waals surface area contributed by atoms with Crippen molar-refractivity contribution in [1.29, 1.82) is 0 Å². The zero-order valence-corrected chi connectivity index (χ0v) is 15.4. The number of nitrogens with one attached hydrogen (secondary N) is 1. The molecule has 2 heterocycles. The SMILES string of the molecule is CN=C(NC1CC1Cc1ccccc1)N1CCN(c2ccccn2)CC1. The lowest BCUT2D eigenvalue weighted by molar-refractivity contribution is 0.370. The number of aromatic nitrogens is 1. The molecule has 0 spiro atoms. The summed E-state index contributed by atoms with van der Waals surface area (Å²) in [4.78, 5) is 13.7. The van der Waals surface area contributed by atoms with Crippen LogP contribution in [0.1, 0.15) is 12.0 Å². The van der Waals surface area contributed by atoms with E-state index in [1.807, 2.05) is 19.3 Å². The Morgan fingerprint density at radius 3 is 2.54 bits per heavy atom. The van der Waals surface area contributed by atoms with Gasteiger partial charge in [-0.25, -0.2) is 4.98 Å². The average molecular weight is 349 g/mol. The smallest absolute Gasteiger partial charge is 0.193 e. The summed E-state index contributed by atoms with van der Waals surface area (Å²) in [6.45, 7) is 3.92. The second kappa shape index (κ2) is 7.77. The fourth-order valence-electron chi connectivity index (χ4n) is 3.72. The first-order valence-electron chi connectivity index (χ1n) is 9.51. The molecule has 2 aliphatic rings. The van der Waals surface area contributed by atoms with Crippen molar-refractivity contribution >= 4 is 11.8 Å². The van der Waals surface area contributed by atoms with E-state index in [0.29, 0.717) is 6.04 Å². The van der Waals surface area contributed by atoms with Gasteiger partial charge in [-0.2, -0.15) is 0 Å². The van der Waals surface area contributed by atoms with Crippen molar-refractivity contribution in [1.82, 2.24) is 15.2 Å². The Balaban J connectivity index is 1.27. The van der Waals surface area contributed by atoms with Crippen LogP contribution in [0.2, 0.25) is 0 Å². The third-order valence-electron chi connectivity index (χ3n) is 5.34. The van der Waals surface area contributed by atoms with Crippen molar-refractivity contribution in [2.75, 3.05) is 38.1 Å². The van der Waals surface area contributed by atoms with Gasteiger partial charge in [0.2, 0.25) is 0 Å². The molecule has 26 heavy (non-hydrogen) atoms. The predicted molar refractivity (Wildman–Crippen MR) is 107 cm³/mol. The van der Waals surface area contributed by atoms with E-state index in [0.717, 1.165) is 50.3 Å². The molecule has 2 atom stereocenters. The molecule has 1 aliphatic heterocycles. The highest BCUT2D eigenvalue weighted by atomic mass is 15.4. The van der Waals surface area contributed by atoms with Crippen LogP contribution in [0.3, 0.4) is 0 Å². The first-order valence-corrected chi connectivity index (χ1v) is 9.51. The number of hydrogen-bond donors (Lipinski definition) is 1. The molecule has 2 aromatic rings. The molecule has 2 unspecified atom stereocenters. The highest BCUT2D eigenvalue weighted by molar-refractivity contribution is 5.80. The van der Waals surface area contributed by atoms with Gasteiger partial charge < -0.3 is 15.1 Å². The number of hydrogen-bond acceptors (Lipinski definition) is 3. The molecular weight excluding hydrogens is 322 g/mol. The Morgan fingerprint density at radius 1 is 1.08 bits per heavy atom. The van der Waals surface area contributed by atoms with Crippen LogP contribution in [-0.2, 0) is 6.42 Å². The van der Waals surface area contributed by atoms with Crippen LogP contribution in [0.5, 0.6) is 0 Å². The molecule has 1 aromatic carbocycles. The van der Waals surface area contributed by atoms with Gasteiger partial charge >= 0.3 is 0 Å². The van der Waals surface area contributed by atoms with E-state index < -0.39 is 0 Å². The molecule has 2 fully saturated rings. The van der Waals surface area contributed by atoms with Crippen molar-refractivity contribution in [2.45, 2.75) is 18.9 Å². The average Bonchev–Trinajstić information content (AvgIpc) is 3.45. The topological polar surface area (TPSA) is 43.8 Å². The molecule has 1 aromatic heterocycles. The van der Waals surface area contributed by atoms with Gasteiger partial charge in [-0.15, -0.1) is 0 Å². The minimum Gasteiger partial charge on any atom is -0.353 e. The number of nitrogens with zero attached hydrogens (tertiary/aromatic N) is 4. The number of rotatable bonds is 4. The summed E-state index contributed by atoms with van der Waals surface area (Å²) in [6.07, 6.45) is 4.26. The van der Waals surface area contributed by atoms with Crippen molar-refractivity contribution < 1.29 is 0 Å². The Hall–Kier alpha value is -2.56. The van der Waals surface area contributed by atoms with Crippen molar-refractivity contribution in [3.05, 3.63) is 60.3 Å². The van der Waals surface area contributed by atoms with Gasteiger partial charge in [0, 0.05) is 45.5 Å². The Bertz CT molecular complexity index is 723. The van der Waals surface area contributed by atoms with E-state index in [1.54, 1.807) is 0 Å². The largest absolute Gasteiger partial charge is 0.353 e. The number of guanidine groups is 1. The molecule has 0 amide bonds. The molecule has 5 nitrogen and oxygen atoms in total. The van der Waals surface area contributed by atoms with Crippen LogP contribution in [0.25, 0.3) is 0 Å². The lowest BCUT2D eigenvalue weighted by Crippen LogP contribution is -2.53. The summed E-state index contributed by atoms with van der Waals surface area (Å²) >= 11 is 0. The highest BCUT2D eigenvalue weighted by Crippen LogP contribution is 2.34. The van der Waals surface area contributed by atoms with E-state index in [9.17, 15) is 0 Å². The van der Waals surface area contributed by atoms with Crippen LogP contribution < -0.4 is 10.2 Å². The monoisotopic (exact) mass is 349 g/mol. The van der Waals surface area contributed by atoms with E-state index in [-0.39, 0.29) is 0 Å². The van der Waals surface area contributed by atoms with Gasteiger partial charge in [-0.3, -0.25) is 4.99 Å². The summed E-state index contributed by atoms with van der Waals surface area (Å²) in [5, 5.41) is 3.68. The van der Waals surface area contributed by atoms with Gasteiger partial charge in [0.15, 0.2) is 5.96 Å². The first-order chi connectivity index (χ1) is 12.8. The minimum atomic E-state index is 0.558. The fraction of sp³-hybridized carbons (Fsp3) is 0.429. The van der Waals surface area contributed by atoms with E-state index in [4.69, 9.17) is 0 Å². The molecule has 1 saturated carbocycles. The summed E-state index contributed by atoms with van der Waals surface area (Å²) in [6, 6.07) is 17.4. The quantitative estimate of drug-likeness (QED) is 0.680. The summed E-state index contributed by atoms with van der Waals surface area (Å²) in [7, 11) is 1.89. The van der Waals surface area contributed by atoms with Crippen LogP contribution in [0.15, 0.2) is 59.7 Å². The Kier molecular flexibility index (Phi) is 5.04. The Morgan fingerprint density at radius 2 is 1.85 bits per heavy atom. The van der Waals surface area contributed by atoms with Gasteiger partial charge in [-0.1, -0.05) is 36.4 Å². The lowest BCUT2D eigenvalue weighted by Gasteiger charge is -2.37. The number of anilines is 1. The maximum absolute atomic E-state index is 4.53. The number of aliphatic imine (C=N–C) groups is 1. The Labute approximate surface area is 155 Å². The van der Waals surface area contributed by atoms with Gasteiger partial charge in [0.25, 0.3) is 0 Å². The third kappa shape index (κ3) is 3.98. The predicted octanol–water partition coefficient (Wildman–Crippen LogP) is 2.41. The van der Waals surface area contributed by atoms with Gasteiger partial charge in [0.1, 0.15) is 5.82 Å². The highest BCUT2D eigenvalue weighted by Gasteiger charge is 2.38. The van der Waals surface area contributed by atoms with Crippen molar-refractivity contribution in [2.24, 2.45) is 10.9 Å². The standard InChI is InChI=1S/C21H27N5/c1-22-21(24-19-16-18(19)15-17-7-3-2-4-8-17)26-13-11-25(12-14-26)20-9-5-6-10-23-20/h2-10,18-19H,11-16H2,1H3,(H,22,24). The normalized spacial score (nSPS) is 23.0. The van der Waals surface area contributed by atoms with E-state index in [1.165, 1.54) is 12.0 Å². The molecule has 0 radical (unpaired) electrons. The van der Waals surface area contributed by atoms with Crippen LogP contribution in [0, 0.1) is 5.92 Å². The van der Waals surface area contributed by atoms with Gasteiger partial charge in [0.05, 0.1) is 0 Å². The second-order valence-electron chi connectivity index (χ2n) is 7.15. The maximum Gasteiger partial charge on any atom is 0.193 e. The third-order valence-corrected chi connectivity index (χ3v) is 5.34. The number of pyridine rings is 1. The molecule has 5 heteroatoms. The number of piperazine rings is 1. The van der Waals surface area contributed by atoms with E-state index >= 15 is 0 Å². The van der Waals surface area contributed by atoms with Crippen molar-refractivity contribution in [3.8, 4) is 0 Å². The molecule has 1 N–H and O–H groups in total. The molecule has 0 bridgehead atoms. The molecule has 1 saturated heterocycles. The van der Waals surface area contributed by atoms with Crippen molar-refractivity contribution in [3.63, 3.8) is 0 Å². The maximum atomic E-state index is 4.53. The minimum absolute atomic E-state index is 0.558. The van der Waals surface area contributed by atoms with Crippen LogP contribution in [0.4, 0.5) is 5.82 Å². The zero-order chi connectivity index (χ0) is 17.8. The summed E-state index contributed by atoms with van der Waals surface area (Å²) in [5.41, 5.74) is 1.43. The molecule has 4 rings (SSSR count). The van der Waals surface area contributed by atoms with Crippen LogP contribution >= 0.6 is 0 Å². The lowest BCUT2D eigenvalue weighted by atomic mass is 10.1. The van der Waals surface area contributed by atoms with E-state index in [2.05, 4.69) is 67.6 Å². The molecule has 1 aliphatic carbocycles. The van der Waals surface area contributed by atoms with Gasteiger partial charge in [-0.05, 0) is 36.5 Å². The second-order valence-corrected chi connectivity index (χ2v) is 7.15. The number of benzene rings is 1. The summed E-state index contributed by atoms with van der Waals surface area (Å²) < 4.78 is 0. The first kappa shape index (κ1) is 16.9. The zero-order valence-electron chi connectivity index (χ0n) is 15.4.